The van der Waals surface area contributed by atoms with E-state index in [1.165, 1.54) is 0 Å². The third-order valence-corrected chi connectivity index (χ3v) is 4.36. The Morgan fingerprint density at radius 3 is 2.75 bits per heavy atom. The highest BCUT2D eigenvalue weighted by Gasteiger charge is 2.28. The molecule has 0 aliphatic carbocycles. The molecule has 1 amide bonds. The molecule has 0 bridgehead atoms. The van der Waals surface area contributed by atoms with Crippen LogP contribution < -0.4 is 10.6 Å². The first-order chi connectivity index (χ1) is 11.5. The summed E-state index contributed by atoms with van der Waals surface area (Å²) >= 11 is 0. The Hall–Kier alpha value is -2.18. The highest BCUT2D eigenvalue weighted by Crippen LogP contribution is 2.20. The quantitative estimate of drug-likeness (QED) is 0.896. The van der Waals surface area contributed by atoms with Crippen molar-refractivity contribution in [1.82, 2.24) is 19.8 Å². The molecular weight excluding hydrogens is 302 g/mol. The van der Waals surface area contributed by atoms with Gasteiger partial charge >= 0.3 is 0 Å². The van der Waals surface area contributed by atoms with Crippen LogP contribution in [-0.2, 0) is 11.8 Å². The van der Waals surface area contributed by atoms with Gasteiger partial charge in [-0.15, -0.1) is 0 Å². The molecule has 6 nitrogen and oxygen atoms in total. The highest BCUT2D eigenvalue weighted by atomic mass is 16.2. The maximum Gasteiger partial charge on any atom is 0.238 e. The van der Waals surface area contributed by atoms with Crippen LogP contribution in [0.15, 0.2) is 30.6 Å². The first kappa shape index (κ1) is 16.7. The van der Waals surface area contributed by atoms with Crippen LogP contribution in [0.1, 0.15) is 23.0 Å². The van der Waals surface area contributed by atoms with Crippen molar-refractivity contribution in [2.24, 2.45) is 7.05 Å². The third kappa shape index (κ3) is 3.83. The lowest BCUT2D eigenvalue weighted by molar-refractivity contribution is -0.118. The number of rotatable bonds is 4. The van der Waals surface area contributed by atoms with E-state index in [-0.39, 0.29) is 11.9 Å². The Balaban J connectivity index is 1.68. The van der Waals surface area contributed by atoms with Crippen LogP contribution in [-0.4, -0.2) is 46.5 Å². The second-order valence-corrected chi connectivity index (χ2v) is 6.51. The third-order valence-electron chi connectivity index (χ3n) is 4.36. The monoisotopic (exact) mass is 327 g/mol. The van der Waals surface area contributed by atoms with E-state index in [1.807, 2.05) is 43.8 Å². The lowest BCUT2D eigenvalue weighted by Crippen LogP contribution is -2.49. The van der Waals surface area contributed by atoms with Crippen molar-refractivity contribution in [2.75, 3.05) is 31.5 Å². The summed E-state index contributed by atoms with van der Waals surface area (Å²) in [6.45, 7) is 6.97. The minimum atomic E-state index is 0.0149. The van der Waals surface area contributed by atoms with Gasteiger partial charge in [-0.25, -0.2) is 4.98 Å². The van der Waals surface area contributed by atoms with E-state index in [1.54, 1.807) is 6.20 Å². The fraction of sp³-hybridized carbons (Fsp3) is 0.444. The van der Waals surface area contributed by atoms with E-state index in [9.17, 15) is 4.79 Å². The van der Waals surface area contributed by atoms with E-state index in [4.69, 9.17) is 0 Å². The zero-order valence-electron chi connectivity index (χ0n) is 14.5. The first-order valence-corrected chi connectivity index (χ1v) is 8.33. The molecule has 1 aromatic heterocycles. The van der Waals surface area contributed by atoms with Crippen molar-refractivity contribution < 1.29 is 4.79 Å². The van der Waals surface area contributed by atoms with Gasteiger partial charge in [-0.3, -0.25) is 9.69 Å². The Labute approximate surface area is 142 Å². The van der Waals surface area contributed by atoms with Crippen LogP contribution in [0.5, 0.6) is 0 Å². The number of anilines is 1. The highest BCUT2D eigenvalue weighted by molar-refractivity contribution is 5.92. The van der Waals surface area contributed by atoms with E-state index >= 15 is 0 Å². The van der Waals surface area contributed by atoms with Crippen LogP contribution >= 0.6 is 0 Å². The molecule has 1 unspecified atom stereocenters. The summed E-state index contributed by atoms with van der Waals surface area (Å²) in [7, 11) is 1.99. The van der Waals surface area contributed by atoms with Gasteiger partial charge in [0.15, 0.2) is 0 Å². The number of carbonyl (C=O) groups excluding carboxylic acids is 1. The molecule has 128 valence electrons. The van der Waals surface area contributed by atoms with Crippen molar-refractivity contribution in [1.29, 1.82) is 0 Å². The Kier molecular flexibility index (Phi) is 4.97. The summed E-state index contributed by atoms with van der Waals surface area (Å²) in [6.07, 6.45) is 3.75. The Morgan fingerprint density at radius 1 is 1.33 bits per heavy atom. The number of aromatic nitrogens is 2. The van der Waals surface area contributed by atoms with Crippen LogP contribution in [0.3, 0.4) is 0 Å². The summed E-state index contributed by atoms with van der Waals surface area (Å²) in [5, 5.41) is 6.41. The van der Waals surface area contributed by atoms with Gasteiger partial charge in [-0.1, -0.05) is 6.07 Å². The van der Waals surface area contributed by atoms with Crippen molar-refractivity contribution in [3.63, 3.8) is 0 Å². The molecule has 1 aromatic carbocycles. The summed E-state index contributed by atoms with van der Waals surface area (Å²) in [4.78, 5) is 19.1. The number of nitrogens with zero attached hydrogens (tertiary/aromatic N) is 3. The minimum absolute atomic E-state index is 0.0149. The predicted molar refractivity (Wildman–Crippen MR) is 94.9 cm³/mol. The number of carbonyl (C=O) groups is 1. The second kappa shape index (κ2) is 7.15. The molecule has 6 heteroatoms. The number of aryl methyl sites for hydroxylation is 3. The maximum absolute atomic E-state index is 12.5. The molecule has 3 rings (SSSR count). The largest absolute Gasteiger partial charge is 0.337 e. The van der Waals surface area contributed by atoms with E-state index < -0.39 is 0 Å². The average molecular weight is 327 g/mol. The number of nitrogens with one attached hydrogen (secondary N) is 2. The van der Waals surface area contributed by atoms with Crippen LogP contribution in [0.4, 0.5) is 5.69 Å². The van der Waals surface area contributed by atoms with Gasteiger partial charge in [0.25, 0.3) is 0 Å². The van der Waals surface area contributed by atoms with Crippen LogP contribution in [0.25, 0.3) is 0 Å². The Morgan fingerprint density at radius 2 is 2.08 bits per heavy atom. The number of amides is 1. The van der Waals surface area contributed by atoms with Crippen molar-refractivity contribution in [3.05, 3.63) is 47.5 Å². The van der Waals surface area contributed by atoms with Crippen LogP contribution in [0, 0.1) is 13.8 Å². The molecule has 1 aliphatic rings. The topological polar surface area (TPSA) is 62.2 Å². The van der Waals surface area contributed by atoms with Crippen molar-refractivity contribution in [2.45, 2.75) is 19.9 Å². The van der Waals surface area contributed by atoms with E-state index in [0.29, 0.717) is 6.54 Å². The molecule has 2 N–H and O–H groups in total. The smallest absolute Gasteiger partial charge is 0.238 e. The molecule has 1 atom stereocenters. The first-order valence-electron chi connectivity index (χ1n) is 8.33. The number of piperazine rings is 1. The summed E-state index contributed by atoms with van der Waals surface area (Å²) in [5.74, 6) is 1.00. The molecule has 1 aliphatic heterocycles. The molecule has 24 heavy (non-hydrogen) atoms. The standard InChI is InChI=1S/C18H25N5O/c1-13-8-14(2)10-15(9-13)21-17(24)12-23-7-4-19-11-16(23)18-20-5-6-22(18)3/h5-6,8-10,16,19H,4,7,11-12H2,1-3H3,(H,21,24). The zero-order chi connectivity index (χ0) is 17.1. The molecular formula is C18H25N5O. The Bertz CT molecular complexity index is 704. The average Bonchev–Trinajstić information content (AvgIpc) is 2.92. The predicted octanol–water partition coefficient (Wildman–Crippen LogP) is 1.62. The number of hydrogen-bond acceptors (Lipinski definition) is 4. The molecule has 0 radical (unpaired) electrons. The van der Waals surface area contributed by atoms with Crippen molar-refractivity contribution in [3.8, 4) is 0 Å². The minimum Gasteiger partial charge on any atom is -0.337 e. The van der Waals surface area contributed by atoms with Gasteiger partial charge in [-0.2, -0.15) is 0 Å². The zero-order valence-corrected chi connectivity index (χ0v) is 14.5. The number of benzene rings is 1. The van der Waals surface area contributed by atoms with Gasteiger partial charge < -0.3 is 15.2 Å². The van der Waals surface area contributed by atoms with Gasteiger partial charge in [0.1, 0.15) is 5.82 Å². The summed E-state index contributed by atoms with van der Waals surface area (Å²) in [6, 6.07) is 6.21. The van der Waals surface area contributed by atoms with E-state index in [0.717, 1.165) is 42.3 Å². The lowest BCUT2D eigenvalue weighted by atomic mass is 10.1. The second-order valence-electron chi connectivity index (χ2n) is 6.51. The van der Waals surface area contributed by atoms with Gasteiger partial charge in [0, 0.05) is 44.8 Å². The number of hydrogen-bond donors (Lipinski definition) is 2. The normalized spacial score (nSPS) is 18.5. The molecule has 1 saturated heterocycles. The fourth-order valence-corrected chi connectivity index (χ4v) is 3.32. The SMILES string of the molecule is Cc1cc(C)cc(NC(=O)CN2CCNCC2c2nccn2C)c1. The summed E-state index contributed by atoms with van der Waals surface area (Å²) < 4.78 is 2.02. The van der Waals surface area contributed by atoms with Gasteiger partial charge in [0.05, 0.1) is 12.6 Å². The molecule has 0 spiro atoms. The van der Waals surface area contributed by atoms with Gasteiger partial charge in [-0.05, 0) is 37.1 Å². The van der Waals surface area contributed by atoms with Crippen molar-refractivity contribution >= 4 is 11.6 Å². The van der Waals surface area contributed by atoms with Gasteiger partial charge in [0.2, 0.25) is 5.91 Å². The molecule has 2 heterocycles. The number of imidazole rings is 1. The molecule has 2 aromatic rings. The molecule has 0 saturated carbocycles. The maximum atomic E-state index is 12.5. The molecule has 1 fully saturated rings. The van der Waals surface area contributed by atoms with E-state index in [2.05, 4.69) is 26.6 Å². The fourth-order valence-electron chi connectivity index (χ4n) is 3.32. The lowest BCUT2D eigenvalue weighted by Gasteiger charge is -2.35. The summed E-state index contributed by atoms with van der Waals surface area (Å²) in [5.41, 5.74) is 3.16. The van der Waals surface area contributed by atoms with Crippen LogP contribution in [0.2, 0.25) is 0 Å².